The third kappa shape index (κ3) is 20.2. The van der Waals surface area contributed by atoms with E-state index in [2.05, 4.69) is 13.8 Å². The Morgan fingerprint density at radius 1 is 0.643 bits per heavy atom. The van der Waals surface area contributed by atoms with Gasteiger partial charge in [-0.3, -0.25) is 0 Å². The number of hydrogen-bond donors (Lipinski definition) is 1. The van der Waals surface area contributed by atoms with Crippen LogP contribution in [0.2, 0.25) is 0 Å². The Morgan fingerprint density at radius 2 is 0.964 bits per heavy atom. The van der Waals surface area contributed by atoms with Gasteiger partial charge in [-0.25, -0.2) is 8.42 Å². The van der Waals surface area contributed by atoms with E-state index in [4.69, 9.17) is 0 Å². The minimum atomic E-state index is -4.20. The Morgan fingerprint density at radius 3 is 1.43 bits per heavy atom. The van der Waals surface area contributed by atoms with Crippen LogP contribution in [0.4, 0.5) is 0 Å². The third-order valence-corrected chi connectivity index (χ3v) is 6.78. The molecule has 0 saturated heterocycles. The third-order valence-electron chi connectivity index (χ3n) is 5.49. The molecule has 0 heterocycles. The largest absolute Gasteiger partial charge is 1.00 e. The summed E-state index contributed by atoms with van der Waals surface area (Å²) in [5, 5.41) is 9.23. The first-order valence-corrected chi connectivity index (χ1v) is 13.0. The van der Waals surface area contributed by atoms with E-state index in [-0.39, 0.29) is 35.7 Å². The molecule has 0 aliphatic carbocycles. The van der Waals surface area contributed by atoms with Crippen molar-refractivity contribution in [1.82, 2.24) is 0 Å². The number of unbranched alkanes of at least 4 members (excludes halogenated alkanes) is 11. The number of rotatable bonds is 20. The maximum Gasteiger partial charge on any atom is 1.00 e. The molecular formula is C22H45NaO4S. The Kier molecular flexibility index (Phi) is 23.4. The van der Waals surface area contributed by atoms with Crippen molar-refractivity contribution in [1.29, 1.82) is 0 Å². The molecule has 0 bridgehead atoms. The van der Waals surface area contributed by atoms with E-state index in [0.717, 1.165) is 51.4 Å². The van der Waals surface area contributed by atoms with Crippen molar-refractivity contribution >= 4 is 10.1 Å². The monoisotopic (exact) mass is 428 g/mol. The van der Waals surface area contributed by atoms with Crippen molar-refractivity contribution in [2.24, 2.45) is 0 Å². The average Bonchev–Trinajstić information content (AvgIpc) is 2.61. The predicted molar refractivity (Wildman–Crippen MR) is 114 cm³/mol. The molecule has 0 rings (SSSR count). The molecule has 0 amide bonds. The van der Waals surface area contributed by atoms with Gasteiger partial charge in [0.05, 0.1) is 16.2 Å². The van der Waals surface area contributed by atoms with E-state index in [1.807, 2.05) is 0 Å². The standard InChI is InChI=1S/C22H46O4S.Na/c1-3-5-7-9-10-11-12-14-19-22(27(24,25)26)20-16-15-18-21(23)17-13-8-6-4-2;/h21-23H,3-20H2,1-2H3,(H,24,25,26);/q;+1/p-1. The summed E-state index contributed by atoms with van der Waals surface area (Å²) < 4.78 is 34.5. The van der Waals surface area contributed by atoms with E-state index in [9.17, 15) is 18.1 Å². The maximum atomic E-state index is 11.5. The zero-order chi connectivity index (χ0) is 20.4. The SMILES string of the molecule is CCCCCCCCCCC(CCCCC(O)CCCCCC)S(=O)(=O)[O-].[Na+]. The normalized spacial score (nSPS) is 13.9. The van der Waals surface area contributed by atoms with Gasteiger partial charge >= 0.3 is 29.6 Å². The molecule has 6 heteroatoms. The van der Waals surface area contributed by atoms with Gasteiger partial charge in [0.15, 0.2) is 0 Å². The summed E-state index contributed by atoms with van der Waals surface area (Å²) in [6.45, 7) is 4.38. The molecule has 0 radical (unpaired) electrons. The van der Waals surface area contributed by atoms with Crippen LogP contribution in [-0.2, 0) is 10.1 Å². The first-order chi connectivity index (χ1) is 12.9. The van der Waals surface area contributed by atoms with Gasteiger partial charge in [0.25, 0.3) is 0 Å². The molecule has 0 aromatic heterocycles. The second-order valence-corrected chi connectivity index (χ2v) is 9.82. The number of hydrogen-bond acceptors (Lipinski definition) is 4. The van der Waals surface area contributed by atoms with Crippen LogP contribution >= 0.6 is 0 Å². The van der Waals surface area contributed by atoms with Crippen LogP contribution in [0.15, 0.2) is 0 Å². The van der Waals surface area contributed by atoms with Crippen molar-refractivity contribution in [2.75, 3.05) is 0 Å². The summed E-state index contributed by atoms with van der Waals surface area (Å²) in [6, 6.07) is 0. The fourth-order valence-corrected chi connectivity index (χ4v) is 4.55. The smallest absolute Gasteiger partial charge is 0.748 e. The average molecular weight is 429 g/mol. The van der Waals surface area contributed by atoms with E-state index < -0.39 is 15.4 Å². The topological polar surface area (TPSA) is 77.4 Å². The molecule has 28 heavy (non-hydrogen) atoms. The van der Waals surface area contributed by atoms with E-state index in [1.54, 1.807) is 0 Å². The second kappa shape index (κ2) is 21.1. The van der Waals surface area contributed by atoms with Crippen LogP contribution in [0, 0.1) is 0 Å². The van der Waals surface area contributed by atoms with Gasteiger partial charge in [-0.2, -0.15) is 0 Å². The fourth-order valence-electron chi connectivity index (χ4n) is 3.64. The molecule has 0 aliphatic rings. The molecule has 0 aromatic carbocycles. The summed E-state index contributed by atoms with van der Waals surface area (Å²) in [5.74, 6) is 0. The summed E-state index contributed by atoms with van der Waals surface area (Å²) in [5.41, 5.74) is 0. The van der Waals surface area contributed by atoms with Gasteiger partial charge < -0.3 is 9.66 Å². The van der Waals surface area contributed by atoms with E-state index >= 15 is 0 Å². The maximum absolute atomic E-state index is 11.5. The molecule has 2 atom stereocenters. The van der Waals surface area contributed by atoms with Crippen molar-refractivity contribution < 1.29 is 47.6 Å². The van der Waals surface area contributed by atoms with Crippen LogP contribution in [0.3, 0.4) is 0 Å². The van der Waals surface area contributed by atoms with Gasteiger partial charge in [-0.05, 0) is 25.7 Å². The Bertz CT molecular complexity index is 415. The molecule has 0 aromatic rings. The summed E-state index contributed by atoms with van der Waals surface area (Å²) in [4.78, 5) is 0. The Hall–Kier alpha value is 0.870. The fraction of sp³-hybridized carbons (Fsp3) is 1.00. The van der Waals surface area contributed by atoms with Crippen LogP contribution in [0.1, 0.15) is 129 Å². The van der Waals surface area contributed by atoms with Crippen molar-refractivity contribution in [3.8, 4) is 0 Å². The van der Waals surface area contributed by atoms with Crippen molar-refractivity contribution in [3.63, 3.8) is 0 Å². The first kappa shape index (κ1) is 31.1. The van der Waals surface area contributed by atoms with Crippen molar-refractivity contribution in [2.45, 2.75) is 141 Å². The van der Waals surface area contributed by atoms with Gasteiger partial charge in [0, 0.05) is 5.25 Å². The first-order valence-electron chi connectivity index (χ1n) is 11.5. The van der Waals surface area contributed by atoms with Crippen LogP contribution in [-0.4, -0.2) is 29.4 Å². The van der Waals surface area contributed by atoms with Gasteiger partial charge in [-0.15, -0.1) is 0 Å². The molecule has 4 nitrogen and oxygen atoms in total. The van der Waals surface area contributed by atoms with E-state index in [0.29, 0.717) is 12.8 Å². The summed E-state index contributed by atoms with van der Waals surface area (Å²) in [6.07, 6.45) is 17.7. The quantitative estimate of drug-likeness (QED) is 0.183. The molecule has 0 aliphatic heterocycles. The van der Waals surface area contributed by atoms with Gasteiger partial charge in [-0.1, -0.05) is 104 Å². The summed E-state index contributed by atoms with van der Waals surface area (Å²) >= 11 is 0. The number of aliphatic hydroxyl groups excluding tert-OH is 1. The van der Waals surface area contributed by atoms with Crippen LogP contribution < -0.4 is 29.6 Å². The molecule has 164 valence electrons. The zero-order valence-electron chi connectivity index (χ0n) is 19.0. The molecule has 0 fully saturated rings. The number of aliphatic hydroxyl groups is 1. The van der Waals surface area contributed by atoms with Gasteiger partial charge in [0.2, 0.25) is 0 Å². The Balaban J connectivity index is 0. The van der Waals surface area contributed by atoms with Gasteiger partial charge in [0.1, 0.15) is 0 Å². The Labute approximate surface area is 197 Å². The van der Waals surface area contributed by atoms with Crippen LogP contribution in [0.5, 0.6) is 0 Å². The molecule has 0 spiro atoms. The molecular weight excluding hydrogens is 383 g/mol. The minimum Gasteiger partial charge on any atom is -0.748 e. The summed E-state index contributed by atoms with van der Waals surface area (Å²) in [7, 11) is -4.20. The minimum absolute atomic E-state index is 0. The predicted octanol–water partition coefficient (Wildman–Crippen LogP) is 3.33. The second-order valence-electron chi connectivity index (χ2n) is 8.17. The zero-order valence-corrected chi connectivity index (χ0v) is 21.8. The molecule has 1 N–H and O–H groups in total. The van der Waals surface area contributed by atoms with E-state index in [1.165, 1.54) is 51.4 Å². The van der Waals surface area contributed by atoms with Crippen molar-refractivity contribution in [3.05, 3.63) is 0 Å². The van der Waals surface area contributed by atoms with Crippen LogP contribution in [0.25, 0.3) is 0 Å². The molecule has 2 unspecified atom stereocenters. The molecule has 0 saturated carbocycles.